The van der Waals surface area contributed by atoms with Crippen molar-refractivity contribution in [3.8, 4) is 5.69 Å². The fraction of sp³-hybridized carbons (Fsp3) is 0.222. The summed E-state index contributed by atoms with van der Waals surface area (Å²) in [5.74, 6) is 0.238. The zero-order valence-electron chi connectivity index (χ0n) is 13.1. The van der Waals surface area contributed by atoms with Gasteiger partial charge in [-0.25, -0.2) is 0 Å². The number of hydrogen-bond donors (Lipinski definition) is 0. The molecule has 0 aliphatic rings. The van der Waals surface area contributed by atoms with Crippen LogP contribution in [0.3, 0.4) is 0 Å². The van der Waals surface area contributed by atoms with Crippen molar-refractivity contribution in [1.82, 2.24) is 9.55 Å². The third kappa shape index (κ3) is 2.96. The van der Waals surface area contributed by atoms with Gasteiger partial charge in [0.25, 0.3) is 5.56 Å². The molecule has 3 nitrogen and oxygen atoms in total. The highest BCUT2D eigenvalue weighted by molar-refractivity contribution is 14.1. The van der Waals surface area contributed by atoms with Gasteiger partial charge in [0.1, 0.15) is 0 Å². The van der Waals surface area contributed by atoms with Crippen molar-refractivity contribution in [2.24, 2.45) is 0 Å². The lowest BCUT2D eigenvalue weighted by atomic mass is 10.0. The summed E-state index contributed by atoms with van der Waals surface area (Å²) in [6.07, 6.45) is 1.81. The van der Waals surface area contributed by atoms with Gasteiger partial charge in [-0.2, -0.15) is 0 Å². The van der Waals surface area contributed by atoms with Crippen molar-refractivity contribution < 1.29 is 0 Å². The first kappa shape index (κ1) is 16.6. The largest absolute Gasteiger partial charge is 0.275 e. The van der Waals surface area contributed by atoms with Crippen LogP contribution in [0.5, 0.6) is 0 Å². The molecule has 0 aliphatic carbocycles. The first-order chi connectivity index (χ1) is 10.9. The van der Waals surface area contributed by atoms with Crippen molar-refractivity contribution in [3.63, 3.8) is 0 Å². The molecule has 0 bridgehead atoms. The fourth-order valence-corrected chi connectivity index (χ4v) is 3.56. The molecular formula is C18H16BrIN2O. The summed E-state index contributed by atoms with van der Waals surface area (Å²) < 4.78 is 3.89. The van der Waals surface area contributed by atoms with Gasteiger partial charge in [0, 0.05) is 25.7 Å². The van der Waals surface area contributed by atoms with Crippen molar-refractivity contribution in [2.75, 3.05) is 0 Å². The van der Waals surface area contributed by atoms with E-state index in [0.717, 1.165) is 35.9 Å². The van der Waals surface area contributed by atoms with Crippen LogP contribution in [0.25, 0.3) is 16.6 Å². The maximum atomic E-state index is 12.7. The van der Waals surface area contributed by atoms with E-state index < -0.39 is 0 Å². The zero-order chi connectivity index (χ0) is 16.7. The Bertz CT molecular complexity index is 963. The van der Waals surface area contributed by atoms with Crippen LogP contribution in [0.2, 0.25) is 0 Å². The maximum Gasteiger partial charge on any atom is 0.255 e. The van der Waals surface area contributed by atoms with Crippen LogP contribution in [0.4, 0.5) is 0 Å². The van der Waals surface area contributed by atoms with Gasteiger partial charge < -0.3 is 0 Å². The monoisotopic (exact) mass is 482 g/mol. The summed E-state index contributed by atoms with van der Waals surface area (Å²) in [6, 6.07) is 9.54. The summed E-state index contributed by atoms with van der Waals surface area (Å²) in [4.78, 5) is 17.2. The summed E-state index contributed by atoms with van der Waals surface area (Å²) >= 11 is 5.83. The number of hydrogen-bond acceptors (Lipinski definition) is 2. The Morgan fingerprint density at radius 3 is 2.65 bits per heavy atom. The van der Waals surface area contributed by atoms with Crippen LogP contribution in [0, 0.1) is 10.5 Å². The first-order valence-electron chi connectivity index (χ1n) is 7.37. The molecule has 3 aromatic rings. The van der Waals surface area contributed by atoms with Crippen molar-refractivity contribution in [3.05, 3.63) is 66.2 Å². The molecule has 0 fully saturated rings. The highest BCUT2D eigenvalue weighted by atomic mass is 127. The number of aromatic nitrogens is 2. The Morgan fingerprint density at radius 2 is 1.96 bits per heavy atom. The van der Waals surface area contributed by atoms with Gasteiger partial charge >= 0.3 is 0 Å². The molecule has 0 amide bonds. The highest BCUT2D eigenvalue weighted by Gasteiger charge is 2.16. The van der Waals surface area contributed by atoms with E-state index in [1.807, 2.05) is 37.4 Å². The van der Waals surface area contributed by atoms with Crippen LogP contribution < -0.4 is 5.56 Å². The molecule has 5 heteroatoms. The molecule has 0 atom stereocenters. The van der Waals surface area contributed by atoms with E-state index in [4.69, 9.17) is 0 Å². The lowest BCUT2D eigenvalue weighted by Crippen LogP contribution is -2.21. The summed E-state index contributed by atoms with van der Waals surface area (Å²) in [6.45, 7) is 6.22. The van der Waals surface area contributed by atoms with E-state index in [1.165, 1.54) is 0 Å². The third-order valence-electron chi connectivity index (χ3n) is 3.86. The minimum absolute atomic E-state index is 0.0337. The predicted octanol–water partition coefficient (Wildman–Crippen LogP) is 5.18. The van der Waals surface area contributed by atoms with Crippen LogP contribution in [-0.4, -0.2) is 9.55 Å². The Kier molecular flexibility index (Phi) is 4.60. The van der Waals surface area contributed by atoms with E-state index in [2.05, 4.69) is 57.4 Å². The Hall–Kier alpha value is -1.21. The van der Waals surface area contributed by atoms with E-state index in [1.54, 1.807) is 10.6 Å². The van der Waals surface area contributed by atoms with E-state index >= 15 is 0 Å². The number of rotatable bonds is 2. The van der Waals surface area contributed by atoms with Gasteiger partial charge in [-0.05, 0) is 81.2 Å². The van der Waals surface area contributed by atoms with E-state index in [0.29, 0.717) is 0 Å². The van der Waals surface area contributed by atoms with Crippen molar-refractivity contribution in [2.45, 2.75) is 26.7 Å². The Balaban J connectivity index is 2.49. The number of aryl methyl sites for hydroxylation is 1. The number of halogens is 2. The highest BCUT2D eigenvalue weighted by Crippen LogP contribution is 2.29. The van der Waals surface area contributed by atoms with Gasteiger partial charge in [0.2, 0.25) is 0 Å². The minimum atomic E-state index is -0.0337. The normalized spacial score (nSPS) is 11.4. The number of benzene rings is 1. The van der Waals surface area contributed by atoms with E-state index in [-0.39, 0.29) is 11.5 Å². The zero-order valence-corrected chi connectivity index (χ0v) is 16.8. The summed E-state index contributed by atoms with van der Waals surface area (Å²) in [7, 11) is 0. The molecule has 118 valence electrons. The van der Waals surface area contributed by atoms with Gasteiger partial charge in [-0.1, -0.05) is 13.8 Å². The fourth-order valence-electron chi connectivity index (χ4n) is 2.75. The average molecular weight is 483 g/mol. The summed E-state index contributed by atoms with van der Waals surface area (Å²) in [5.41, 5.74) is 3.77. The number of pyridine rings is 2. The molecule has 0 saturated heterocycles. The van der Waals surface area contributed by atoms with Gasteiger partial charge in [-0.15, -0.1) is 0 Å². The molecule has 0 N–H and O–H groups in total. The molecule has 2 aromatic heterocycles. The quantitative estimate of drug-likeness (QED) is 0.471. The lowest BCUT2D eigenvalue weighted by molar-refractivity contribution is 0.799. The third-order valence-corrected chi connectivity index (χ3v) is 6.15. The van der Waals surface area contributed by atoms with Crippen LogP contribution in [-0.2, 0) is 0 Å². The standard InChI is InChI=1S/C18H16BrIN2O/c1-10(2)17-18(11(3)6-7-21-17)22-15-9-14(20)13(19)8-12(15)4-5-16(22)23/h4-10H,1-3H3. The predicted molar refractivity (Wildman–Crippen MR) is 107 cm³/mol. The lowest BCUT2D eigenvalue weighted by Gasteiger charge is -2.18. The molecular weight excluding hydrogens is 467 g/mol. The Morgan fingerprint density at radius 1 is 1.22 bits per heavy atom. The van der Waals surface area contributed by atoms with Crippen LogP contribution >= 0.6 is 38.5 Å². The van der Waals surface area contributed by atoms with Crippen molar-refractivity contribution in [1.29, 1.82) is 0 Å². The topological polar surface area (TPSA) is 34.9 Å². The van der Waals surface area contributed by atoms with Crippen LogP contribution in [0.1, 0.15) is 31.0 Å². The van der Waals surface area contributed by atoms with Crippen molar-refractivity contribution >= 4 is 49.4 Å². The average Bonchev–Trinajstić information content (AvgIpc) is 2.49. The molecule has 0 aliphatic heterocycles. The molecule has 0 spiro atoms. The SMILES string of the molecule is Cc1ccnc(C(C)C)c1-n1c(=O)ccc2cc(Br)c(I)cc21. The second-order valence-corrected chi connectivity index (χ2v) is 7.87. The molecule has 0 saturated carbocycles. The molecule has 0 unspecified atom stereocenters. The molecule has 2 heterocycles. The van der Waals surface area contributed by atoms with Gasteiger partial charge in [0.15, 0.2) is 0 Å². The Labute approximate surface area is 157 Å². The van der Waals surface area contributed by atoms with Gasteiger partial charge in [0.05, 0.1) is 16.9 Å². The smallest absolute Gasteiger partial charge is 0.255 e. The molecule has 3 rings (SSSR count). The summed E-state index contributed by atoms with van der Waals surface area (Å²) in [5, 5.41) is 1.02. The maximum absolute atomic E-state index is 12.7. The minimum Gasteiger partial charge on any atom is -0.275 e. The van der Waals surface area contributed by atoms with E-state index in [9.17, 15) is 4.79 Å². The molecule has 23 heavy (non-hydrogen) atoms. The van der Waals surface area contributed by atoms with Gasteiger partial charge in [-0.3, -0.25) is 14.3 Å². The second kappa shape index (κ2) is 6.36. The first-order valence-corrected chi connectivity index (χ1v) is 9.24. The number of nitrogens with zero attached hydrogens (tertiary/aromatic N) is 2. The molecule has 1 aromatic carbocycles. The molecule has 0 radical (unpaired) electrons. The van der Waals surface area contributed by atoms with Crippen LogP contribution in [0.15, 0.2) is 45.8 Å². The second-order valence-electron chi connectivity index (χ2n) is 5.85. The number of fused-ring (bicyclic) bond motifs is 1.